The molecule has 3 rings (SSSR count). The van der Waals surface area contributed by atoms with Crippen LogP contribution in [0.15, 0.2) is 4.99 Å². The summed E-state index contributed by atoms with van der Waals surface area (Å²) in [4.78, 5) is 4.43. The summed E-state index contributed by atoms with van der Waals surface area (Å²) in [6.45, 7) is 6.32. The molecule has 1 aliphatic heterocycles. The molecule has 142 valence electrons. The standard InChI is InChI=1S/C18H32N6.HI/c1-4-14-6-5-7-16(10-14)21-18(19-3)20-11-15-8-9-17-23-22-13(2)24(17)12-15;/h14-16H,4-12H2,1-3H3,(H2,19,20,21);1H. The molecular weight excluding hydrogens is 427 g/mol. The first-order valence-corrected chi connectivity index (χ1v) is 9.55. The lowest BCUT2D eigenvalue weighted by atomic mass is 9.84. The van der Waals surface area contributed by atoms with E-state index in [1.165, 1.54) is 38.5 Å². The monoisotopic (exact) mass is 460 g/mol. The normalized spacial score (nSPS) is 26.5. The predicted molar refractivity (Wildman–Crippen MR) is 113 cm³/mol. The quantitative estimate of drug-likeness (QED) is 0.412. The van der Waals surface area contributed by atoms with Crippen molar-refractivity contribution < 1.29 is 0 Å². The van der Waals surface area contributed by atoms with Crippen molar-refractivity contribution in [1.29, 1.82) is 0 Å². The van der Waals surface area contributed by atoms with Gasteiger partial charge in [0.25, 0.3) is 0 Å². The Labute approximate surface area is 168 Å². The molecule has 0 aromatic carbocycles. The van der Waals surface area contributed by atoms with Crippen molar-refractivity contribution in [3.05, 3.63) is 11.6 Å². The smallest absolute Gasteiger partial charge is 0.191 e. The topological polar surface area (TPSA) is 67.1 Å². The van der Waals surface area contributed by atoms with Gasteiger partial charge in [0.1, 0.15) is 11.6 Å². The summed E-state index contributed by atoms with van der Waals surface area (Å²) in [5.41, 5.74) is 0. The van der Waals surface area contributed by atoms with Crippen molar-refractivity contribution in [2.45, 2.75) is 71.4 Å². The molecule has 3 atom stereocenters. The van der Waals surface area contributed by atoms with E-state index in [2.05, 4.69) is 37.3 Å². The summed E-state index contributed by atoms with van der Waals surface area (Å²) in [7, 11) is 1.87. The average molecular weight is 460 g/mol. The Hall–Kier alpha value is -0.860. The molecular formula is C18H33IN6. The number of hydrogen-bond acceptors (Lipinski definition) is 3. The molecule has 2 N–H and O–H groups in total. The maximum atomic E-state index is 4.43. The molecule has 6 nitrogen and oxygen atoms in total. The van der Waals surface area contributed by atoms with E-state index < -0.39 is 0 Å². The average Bonchev–Trinajstić information content (AvgIpc) is 2.99. The number of rotatable bonds is 4. The van der Waals surface area contributed by atoms with Crippen LogP contribution in [0.3, 0.4) is 0 Å². The van der Waals surface area contributed by atoms with Gasteiger partial charge in [-0.3, -0.25) is 4.99 Å². The molecule has 0 saturated heterocycles. The Kier molecular flexibility index (Phi) is 7.96. The van der Waals surface area contributed by atoms with E-state index >= 15 is 0 Å². The summed E-state index contributed by atoms with van der Waals surface area (Å²) < 4.78 is 2.26. The van der Waals surface area contributed by atoms with E-state index in [0.717, 1.165) is 43.0 Å². The van der Waals surface area contributed by atoms with Gasteiger partial charge < -0.3 is 15.2 Å². The largest absolute Gasteiger partial charge is 0.356 e. The van der Waals surface area contributed by atoms with Gasteiger partial charge in [0, 0.05) is 32.6 Å². The fraction of sp³-hybridized carbons (Fsp3) is 0.833. The fourth-order valence-electron chi connectivity index (χ4n) is 4.12. The van der Waals surface area contributed by atoms with Crippen LogP contribution in [0.1, 0.15) is 57.1 Å². The molecule has 7 heteroatoms. The minimum Gasteiger partial charge on any atom is -0.356 e. The molecule has 1 fully saturated rings. The minimum absolute atomic E-state index is 0. The zero-order valence-electron chi connectivity index (χ0n) is 15.8. The number of halogens is 1. The van der Waals surface area contributed by atoms with Gasteiger partial charge in [-0.15, -0.1) is 34.2 Å². The third kappa shape index (κ3) is 5.31. The second-order valence-electron chi connectivity index (χ2n) is 7.41. The summed E-state index contributed by atoms with van der Waals surface area (Å²) in [5.74, 6) is 4.62. The van der Waals surface area contributed by atoms with Gasteiger partial charge in [0.15, 0.2) is 5.96 Å². The zero-order chi connectivity index (χ0) is 16.9. The van der Waals surface area contributed by atoms with E-state index in [1.807, 2.05) is 14.0 Å². The molecule has 1 saturated carbocycles. The molecule has 1 aromatic heterocycles. The summed E-state index contributed by atoms with van der Waals surface area (Å²) in [6.07, 6.45) is 8.78. The lowest BCUT2D eigenvalue weighted by Crippen LogP contribution is -2.47. The van der Waals surface area contributed by atoms with Crippen LogP contribution < -0.4 is 10.6 Å². The van der Waals surface area contributed by atoms with Gasteiger partial charge in [-0.1, -0.05) is 26.2 Å². The molecule has 0 radical (unpaired) electrons. The van der Waals surface area contributed by atoms with Crippen LogP contribution in [0, 0.1) is 18.8 Å². The van der Waals surface area contributed by atoms with Crippen LogP contribution in [-0.4, -0.2) is 40.4 Å². The van der Waals surface area contributed by atoms with Crippen LogP contribution in [0.4, 0.5) is 0 Å². The third-order valence-electron chi connectivity index (χ3n) is 5.71. The van der Waals surface area contributed by atoms with Gasteiger partial charge in [-0.05, 0) is 38.0 Å². The van der Waals surface area contributed by atoms with Crippen molar-refractivity contribution in [3.63, 3.8) is 0 Å². The van der Waals surface area contributed by atoms with E-state index in [1.54, 1.807) is 0 Å². The van der Waals surface area contributed by atoms with Gasteiger partial charge in [0.2, 0.25) is 0 Å². The number of guanidine groups is 1. The van der Waals surface area contributed by atoms with E-state index in [0.29, 0.717) is 12.0 Å². The number of aliphatic imine (C=N–C) groups is 1. The SMILES string of the molecule is CCC1CCCC(NC(=NC)NCC2CCc3nnc(C)n3C2)C1.I. The first-order valence-electron chi connectivity index (χ1n) is 9.55. The van der Waals surface area contributed by atoms with Crippen molar-refractivity contribution in [1.82, 2.24) is 25.4 Å². The fourth-order valence-corrected chi connectivity index (χ4v) is 4.12. The number of aromatic nitrogens is 3. The summed E-state index contributed by atoms with van der Waals surface area (Å²) in [5, 5.41) is 15.6. The third-order valence-corrected chi connectivity index (χ3v) is 5.71. The molecule has 1 aliphatic carbocycles. The number of aryl methyl sites for hydroxylation is 2. The second-order valence-corrected chi connectivity index (χ2v) is 7.41. The highest BCUT2D eigenvalue weighted by Crippen LogP contribution is 2.26. The molecule has 25 heavy (non-hydrogen) atoms. The van der Waals surface area contributed by atoms with Gasteiger partial charge in [0.05, 0.1) is 0 Å². The number of fused-ring (bicyclic) bond motifs is 1. The molecule has 0 spiro atoms. The number of nitrogens with zero attached hydrogens (tertiary/aromatic N) is 4. The maximum absolute atomic E-state index is 4.43. The lowest BCUT2D eigenvalue weighted by Gasteiger charge is -2.31. The van der Waals surface area contributed by atoms with E-state index in [9.17, 15) is 0 Å². The van der Waals surface area contributed by atoms with Crippen LogP contribution in [0.25, 0.3) is 0 Å². The van der Waals surface area contributed by atoms with Crippen molar-refractivity contribution in [2.75, 3.05) is 13.6 Å². The maximum Gasteiger partial charge on any atom is 0.191 e. The number of hydrogen-bond donors (Lipinski definition) is 2. The Morgan fingerprint density at radius 1 is 1.24 bits per heavy atom. The predicted octanol–water partition coefficient (Wildman–Crippen LogP) is 2.90. The Balaban J connectivity index is 0.00000225. The molecule has 3 unspecified atom stereocenters. The van der Waals surface area contributed by atoms with Crippen LogP contribution in [0.2, 0.25) is 0 Å². The van der Waals surface area contributed by atoms with E-state index in [-0.39, 0.29) is 24.0 Å². The Bertz CT molecular complexity index is 570. The highest BCUT2D eigenvalue weighted by molar-refractivity contribution is 14.0. The van der Waals surface area contributed by atoms with Crippen molar-refractivity contribution in [2.24, 2.45) is 16.8 Å². The van der Waals surface area contributed by atoms with Crippen molar-refractivity contribution >= 4 is 29.9 Å². The summed E-state index contributed by atoms with van der Waals surface area (Å²) >= 11 is 0. The Morgan fingerprint density at radius 2 is 2.08 bits per heavy atom. The van der Waals surface area contributed by atoms with Gasteiger partial charge in [-0.2, -0.15) is 0 Å². The zero-order valence-corrected chi connectivity index (χ0v) is 18.1. The van der Waals surface area contributed by atoms with Gasteiger partial charge >= 0.3 is 0 Å². The molecule has 1 aromatic rings. The van der Waals surface area contributed by atoms with Crippen LogP contribution in [0.5, 0.6) is 0 Å². The summed E-state index contributed by atoms with van der Waals surface area (Å²) in [6, 6.07) is 0.577. The van der Waals surface area contributed by atoms with Gasteiger partial charge in [-0.25, -0.2) is 0 Å². The molecule has 0 bridgehead atoms. The highest BCUT2D eigenvalue weighted by Gasteiger charge is 2.23. The van der Waals surface area contributed by atoms with Crippen molar-refractivity contribution in [3.8, 4) is 0 Å². The second kappa shape index (κ2) is 9.73. The van der Waals surface area contributed by atoms with Crippen LogP contribution >= 0.6 is 24.0 Å². The first kappa shape index (κ1) is 20.5. The molecule has 0 amide bonds. The highest BCUT2D eigenvalue weighted by atomic mass is 127. The minimum atomic E-state index is 0. The molecule has 2 heterocycles. The molecule has 2 aliphatic rings. The lowest BCUT2D eigenvalue weighted by molar-refractivity contribution is 0.297. The first-order chi connectivity index (χ1) is 11.7. The van der Waals surface area contributed by atoms with E-state index in [4.69, 9.17) is 0 Å². The number of nitrogens with one attached hydrogen (secondary N) is 2. The van der Waals surface area contributed by atoms with Crippen LogP contribution in [-0.2, 0) is 13.0 Å². The Morgan fingerprint density at radius 3 is 2.84 bits per heavy atom.